The summed E-state index contributed by atoms with van der Waals surface area (Å²) in [4.78, 5) is 4.14. The highest BCUT2D eigenvalue weighted by atomic mass is 16.3. The Morgan fingerprint density at radius 2 is 2.29 bits per heavy atom. The number of nitrogens with one attached hydrogen (secondary N) is 1. The summed E-state index contributed by atoms with van der Waals surface area (Å²) in [6, 6.07) is 5.47. The Bertz CT molecular complexity index is 317. The third-order valence-corrected chi connectivity index (χ3v) is 2.78. The van der Waals surface area contributed by atoms with Gasteiger partial charge in [0.15, 0.2) is 0 Å². The minimum absolute atomic E-state index is 0.152. The molecule has 0 radical (unpaired) electrons. The van der Waals surface area contributed by atoms with E-state index in [9.17, 15) is 5.11 Å². The van der Waals surface area contributed by atoms with Crippen molar-refractivity contribution in [3.8, 4) is 0 Å². The molecule has 0 atom stereocenters. The fraction of sp³-hybridized carbons (Fsp3) is 0.500. The summed E-state index contributed by atoms with van der Waals surface area (Å²) in [6.45, 7) is 0.156. The first-order valence-corrected chi connectivity index (χ1v) is 4.86. The summed E-state index contributed by atoms with van der Waals surface area (Å²) in [7, 11) is 0. The molecule has 0 saturated heterocycles. The van der Waals surface area contributed by atoms with Crippen LogP contribution in [0.5, 0.6) is 0 Å². The number of rotatable bonds is 3. The van der Waals surface area contributed by atoms with Gasteiger partial charge in [-0.1, -0.05) is 6.07 Å². The molecule has 76 valence electrons. The van der Waals surface area contributed by atoms with Gasteiger partial charge in [0.05, 0.1) is 12.1 Å². The minimum atomic E-state index is -0.152. The van der Waals surface area contributed by atoms with Crippen LogP contribution in [-0.2, 0) is 0 Å². The molecule has 2 rings (SSSR count). The maximum atomic E-state index is 9.25. The molecule has 0 bridgehead atoms. The molecule has 0 amide bonds. The lowest BCUT2D eigenvalue weighted by Crippen LogP contribution is -2.48. The van der Waals surface area contributed by atoms with Crippen LogP contribution in [0.3, 0.4) is 0 Å². The molecule has 0 spiro atoms. The van der Waals surface area contributed by atoms with E-state index in [4.69, 9.17) is 5.73 Å². The molecule has 1 aliphatic rings. The SMILES string of the molecule is Nc1cccc(NC2(CO)CCC2)n1. The first kappa shape index (κ1) is 9.27. The van der Waals surface area contributed by atoms with Crippen LogP contribution in [-0.4, -0.2) is 22.2 Å². The third-order valence-electron chi connectivity index (χ3n) is 2.78. The van der Waals surface area contributed by atoms with Crippen molar-refractivity contribution in [1.82, 2.24) is 4.98 Å². The smallest absolute Gasteiger partial charge is 0.128 e. The fourth-order valence-corrected chi connectivity index (χ4v) is 1.72. The average molecular weight is 193 g/mol. The molecule has 14 heavy (non-hydrogen) atoms. The second-order valence-electron chi connectivity index (χ2n) is 3.86. The topological polar surface area (TPSA) is 71.2 Å². The largest absolute Gasteiger partial charge is 0.394 e. The van der Waals surface area contributed by atoms with Gasteiger partial charge in [-0.25, -0.2) is 4.98 Å². The van der Waals surface area contributed by atoms with Crippen molar-refractivity contribution in [3.63, 3.8) is 0 Å². The molecule has 0 aliphatic heterocycles. The molecule has 1 fully saturated rings. The number of nitrogens with zero attached hydrogens (tertiary/aromatic N) is 1. The minimum Gasteiger partial charge on any atom is -0.394 e. The highest BCUT2D eigenvalue weighted by Gasteiger charge is 2.36. The van der Waals surface area contributed by atoms with E-state index in [1.807, 2.05) is 12.1 Å². The molecular formula is C10H15N3O. The van der Waals surface area contributed by atoms with Crippen molar-refractivity contribution in [2.75, 3.05) is 17.7 Å². The monoisotopic (exact) mass is 193 g/mol. The summed E-state index contributed by atoms with van der Waals surface area (Å²) in [6.07, 6.45) is 3.16. The quantitative estimate of drug-likeness (QED) is 0.669. The van der Waals surface area contributed by atoms with Gasteiger partial charge in [0.25, 0.3) is 0 Å². The second kappa shape index (κ2) is 3.46. The maximum absolute atomic E-state index is 9.25. The van der Waals surface area contributed by atoms with E-state index in [0.717, 1.165) is 25.1 Å². The Hall–Kier alpha value is -1.29. The van der Waals surface area contributed by atoms with Gasteiger partial charge in [0, 0.05) is 0 Å². The van der Waals surface area contributed by atoms with Crippen molar-refractivity contribution >= 4 is 11.6 Å². The number of nitrogens with two attached hydrogens (primary N) is 1. The van der Waals surface area contributed by atoms with Gasteiger partial charge >= 0.3 is 0 Å². The predicted molar refractivity (Wildman–Crippen MR) is 55.9 cm³/mol. The van der Waals surface area contributed by atoms with Crippen LogP contribution in [0.1, 0.15) is 19.3 Å². The number of nitrogen functional groups attached to an aromatic ring is 1. The van der Waals surface area contributed by atoms with Crippen molar-refractivity contribution in [2.24, 2.45) is 0 Å². The number of anilines is 2. The van der Waals surface area contributed by atoms with Crippen LogP contribution < -0.4 is 11.1 Å². The average Bonchev–Trinajstić information content (AvgIpc) is 2.11. The van der Waals surface area contributed by atoms with E-state index in [2.05, 4.69) is 10.3 Å². The van der Waals surface area contributed by atoms with Crippen LogP contribution in [0.15, 0.2) is 18.2 Å². The van der Waals surface area contributed by atoms with E-state index in [-0.39, 0.29) is 12.1 Å². The summed E-state index contributed by atoms with van der Waals surface area (Å²) < 4.78 is 0. The van der Waals surface area contributed by atoms with Crippen molar-refractivity contribution in [3.05, 3.63) is 18.2 Å². The first-order valence-electron chi connectivity index (χ1n) is 4.86. The normalized spacial score (nSPS) is 18.6. The number of hydrogen-bond donors (Lipinski definition) is 3. The van der Waals surface area contributed by atoms with Gasteiger partial charge in [0.1, 0.15) is 11.6 Å². The molecule has 1 heterocycles. The van der Waals surface area contributed by atoms with Crippen LogP contribution >= 0.6 is 0 Å². The molecule has 0 aromatic carbocycles. The molecule has 4 N–H and O–H groups in total. The summed E-state index contributed by atoms with van der Waals surface area (Å²) in [5, 5.41) is 12.5. The molecule has 0 unspecified atom stereocenters. The molecular weight excluding hydrogens is 178 g/mol. The zero-order chi connectivity index (χ0) is 10.0. The van der Waals surface area contributed by atoms with E-state index in [1.54, 1.807) is 6.07 Å². The fourth-order valence-electron chi connectivity index (χ4n) is 1.72. The highest BCUT2D eigenvalue weighted by molar-refractivity contribution is 5.44. The summed E-state index contributed by atoms with van der Waals surface area (Å²) >= 11 is 0. The Labute approximate surface area is 83.2 Å². The number of aliphatic hydroxyl groups excluding tert-OH is 1. The van der Waals surface area contributed by atoms with E-state index in [1.165, 1.54) is 0 Å². The Morgan fingerprint density at radius 3 is 2.79 bits per heavy atom. The van der Waals surface area contributed by atoms with E-state index >= 15 is 0 Å². The van der Waals surface area contributed by atoms with Crippen molar-refractivity contribution in [1.29, 1.82) is 0 Å². The van der Waals surface area contributed by atoms with Crippen LogP contribution in [0.25, 0.3) is 0 Å². The lowest BCUT2D eigenvalue weighted by atomic mass is 9.77. The van der Waals surface area contributed by atoms with Crippen LogP contribution in [0.2, 0.25) is 0 Å². The molecule has 1 saturated carbocycles. The lowest BCUT2D eigenvalue weighted by Gasteiger charge is -2.41. The summed E-state index contributed by atoms with van der Waals surface area (Å²) in [5.74, 6) is 1.25. The molecule has 4 nitrogen and oxygen atoms in total. The van der Waals surface area contributed by atoms with Crippen LogP contribution in [0, 0.1) is 0 Å². The second-order valence-corrected chi connectivity index (χ2v) is 3.86. The summed E-state index contributed by atoms with van der Waals surface area (Å²) in [5.41, 5.74) is 5.41. The number of aliphatic hydroxyl groups is 1. The Balaban J connectivity index is 2.09. The third kappa shape index (κ3) is 1.65. The molecule has 1 aromatic rings. The number of aromatic nitrogens is 1. The maximum Gasteiger partial charge on any atom is 0.128 e. The van der Waals surface area contributed by atoms with Gasteiger partial charge in [-0.15, -0.1) is 0 Å². The zero-order valence-corrected chi connectivity index (χ0v) is 8.03. The highest BCUT2D eigenvalue weighted by Crippen LogP contribution is 2.34. The van der Waals surface area contributed by atoms with Gasteiger partial charge in [0.2, 0.25) is 0 Å². The van der Waals surface area contributed by atoms with Crippen molar-refractivity contribution < 1.29 is 5.11 Å². The molecule has 4 heteroatoms. The van der Waals surface area contributed by atoms with Gasteiger partial charge < -0.3 is 16.2 Å². The lowest BCUT2D eigenvalue weighted by molar-refractivity contribution is 0.144. The number of pyridine rings is 1. The van der Waals surface area contributed by atoms with E-state index < -0.39 is 0 Å². The van der Waals surface area contributed by atoms with Crippen molar-refractivity contribution in [2.45, 2.75) is 24.8 Å². The Morgan fingerprint density at radius 1 is 1.50 bits per heavy atom. The molecule has 1 aromatic heterocycles. The van der Waals surface area contributed by atoms with Gasteiger partial charge in [-0.05, 0) is 31.4 Å². The van der Waals surface area contributed by atoms with Crippen LogP contribution in [0.4, 0.5) is 11.6 Å². The van der Waals surface area contributed by atoms with Gasteiger partial charge in [-0.3, -0.25) is 0 Å². The number of hydrogen-bond acceptors (Lipinski definition) is 4. The van der Waals surface area contributed by atoms with Gasteiger partial charge in [-0.2, -0.15) is 0 Å². The molecule has 1 aliphatic carbocycles. The van der Waals surface area contributed by atoms with E-state index in [0.29, 0.717) is 5.82 Å². The standard InChI is InChI=1S/C10H15N3O/c11-8-3-1-4-9(12-8)13-10(7-14)5-2-6-10/h1,3-4,14H,2,5-7H2,(H3,11,12,13). The predicted octanol–water partition coefficient (Wildman–Crippen LogP) is 0.991. The zero-order valence-electron chi connectivity index (χ0n) is 8.03. The first-order chi connectivity index (χ1) is 6.74. The Kier molecular flexibility index (Phi) is 2.29.